The number of alkyl halides is 3. The molecule has 0 radical (unpaired) electrons. The third kappa shape index (κ3) is 1.83. The predicted molar refractivity (Wildman–Crippen MR) is 40.8 cm³/mol. The Morgan fingerprint density at radius 2 is 2.15 bits per heavy atom. The van der Waals surface area contributed by atoms with Crippen molar-refractivity contribution >= 4 is 15.9 Å². The van der Waals surface area contributed by atoms with Gasteiger partial charge in [-0.25, -0.2) is 17.9 Å². The van der Waals surface area contributed by atoms with Gasteiger partial charge in [0.2, 0.25) is 0 Å². The number of nitrogens with zero attached hydrogens (tertiary/aromatic N) is 3. The molecule has 0 fully saturated rings. The first-order chi connectivity index (χ1) is 6.07. The van der Waals surface area contributed by atoms with Crippen molar-refractivity contribution in [2.75, 3.05) is 0 Å². The maximum atomic E-state index is 12.7. The molecule has 1 atom stereocenters. The van der Waals surface area contributed by atoms with Gasteiger partial charge in [0.15, 0.2) is 0 Å². The molecular formula is C6H3BrF3N3. The summed E-state index contributed by atoms with van der Waals surface area (Å²) in [5.41, 5.74) is 0.0169. The van der Waals surface area contributed by atoms with Crippen LogP contribution in [-0.4, -0.2) is 16.2 Å². The van der Waals surface area contributed by atoms with Gasteiger partial charge in [-0.05, 0) is 15.9 Å². The molecule has 0 spiro atoms. The first-order valence-electron chi connectivity index (χ1n) is 3.13. The average Bonchev–Trinajstić information content (AvgIpc) is 2.45. The lowest BCUT2D eigenvalue weighted by molar-refractivity contribution is -0.000616. The number of hydrogen-bond acceptors (Lipinski definition) is 2. The Morgan fingerprint density at radius 3 is 2.54 bits per heavy atom. The number of aromatic nitrogens is 2. The highest BCUT2D eigenvalue weighted by molar-refractivity contribution is 9.10. The summed E-state index contributed by atoms with van der Waals surface area (Å²) < 4.78 is 36.8. The van der Waals surface area contributed by atoms with Crippen molar-refractivity contribution in [3.8, 4) is 6.07 Å². The molecule has 0 aliphatic carbocycles. The van der Waals surface area contributed by atoms with Crippen LogP contribution in [-0.2, 0) is 0 Å². The fraction of sp³-hybridized carbons (Fsp3) is 0.333. The Morgan fingerprint density at radius 1 is 1.54 bits per heavy atom. The summed E-state index contributed by atoms with van der Waals surface area (Å²) in [6.45, 7) is 0. The summed E-state index contributed by atoms with van der Waals surface area (Å²) in [6, 6.07) is 1.67. The average molecular weight is 254 g/mol. The lowest BCUT2D eigenvalue weighted by Crippen LogP contribution is -2.13. The number of rotatable bonds is 2. The highest BCUT2D eigenvalue weighted by Gasteiger charge is 2.25. The van der Waals surface area contributed by atoms with E-state index in [0.717, 1.165) is 6.20 Å². The van der Waals surface area contributed by atoms with Crippen LogP contribution >= 0.6 is 15.9 Å². The molecule has 3 nitrogen and oxygen atoms in total. The summed E-state index contributed by atoms with van der Waals surface area (Å²) in [4.78, 5) is 0. The van der Waals surface area contributed by atoms with Crippen molar-refractivity contribution < 1.29 is 13.2 Å². The summed E-state index contributed by atoms with van der Waals surface area (Å²) >= 11 is 2.78. The fourth-order valence-electron chi connectivity index (χ4n) is 0.701. The molecule has 0 saturated carbocycles. The smallest absolute Gasteiger partial charge is 0.217 e. The van der Waals surface area contributed by atoms with E-state index >= 15 is 0 Å². The number of hydrogen-bond donors (Lipinski definition) is 0. The molecule has 70 valence electrons. The zero-order chi connectivity index (χ0) is 10.0. The van der Waals surface area contributed by atoms with Crippen molar-refractivity contribution in [2.24, 2.45) is 0 Å². The highest BCUT2D eigenvalue weighted by Crippen LogP contribution is 2.24. The maximum Gasteiger partial charge on any atom is 0.289 e. The van der Waals surface area contributed by atoms with Gasteiger partial charge in [-0.1, -0.05) is 0 Å². The van der Waals surface area contributed by atoms with Crippen molar-refractivity contribution in [2.45, 2.75) is 12.7 Å². The molecule has 0 bridgehead atoms. The molecule has 0 amide bonds. The molecule has 0 aliphatic heterocycles. The Bertz CT molecular complexity index is 343. The molecule has 1 rings (SSSR count). The van der Waals surface area contributed by atoms with Gasteiger partial charge in [0.1, 0.15) is 16.2 Å². The van der Waals surface area contributed by atoms with E-state index in [1.54, 1.807) is 6.07 Å². The monoisotopic (exact) mass is 253 g/mol. The van der Waals surface area contributed by atoms with Gasteiger partial charge < -0.3 is 0 Å². The summed E-state index contributed by atoms with van der Waals surface area (Å²) in [5.74, 6) is 0. The van der Waals surface area contributed by atoms with Gasteiger partial charge in [0.25, 0.3) is 12.7 Å². The van der Waals surface area contributed by atoms with Crippen molar-refractivity contribution in [1.82, 2.24) is 9.78 Å². The van der Waals surface area contributed by atoms with Gasteiger partial charge in [-0.15, -0.1) is 0 Å². The van der Waals surface area contributed by atoms with Crippen LogP contribution in [0.25, 0.3) is 0 Å². The van der Waals surface area contributed by atoms with Gasteiger partial charge in [-0.3, -0.25) is 0 Å². The quantitative estimate of drug-likeness (QED) is 0.812. The van der Waals surface area contributed by atoms with E-state index in [4.69, 9.17) is 5.26 Å². The first-order valence-corrected chi connectivity index (χ1v) is 3.92. The van der Waals surface area contributed by atoms with E-state index in [2.05, 4.69) is 21.0 Å². The largest absolute Gasteiger partial charge is 0.289 e. The van der Waals surface area contributed by atoms with E-state index in [0.29, 0.717) is 4.68 Å². The predicted octanol–water partition coefficient (Wildman–Crippen LogP) is 2.25. The maximum absolute atomic E-state index is 12.7. The molecule has 0 aromatic carbocycles. The number of nitriles is 1. The molecule has 1 aromatic heterocycles. The van der Waals surface area contributed by atoms with Crippen LogP contribution in [0.1, 0.15) is 11.9 Å². The van der Waals surface area contributed by atoms with Gasteiger partial charge in [0.05, 0.1) is 6.20 Å². The summed E-state index contributed by atoms with van der Waals surface area (Å²) in [5, 5.41) is 11.7. The SMILES string of the molecule is N#Cc1cnn(C(F)C(F)F)c1Br. The van der Waals surface area contributed by atoms with Crippen molar-refractivity contribution in [1.29, 1.82) is 5.26 Å². The van der Waals surface area contributed by atoms with E-state index in [9.17, 15) is 13.2 Å². The Labute approximate surface area is 79.9 Å². The third-order valence-electron chi connectivity index (χ3n) is 1.30. The Hall–Kier alpha value is -1.03. The zero-order valence-electron chi connectivity index (χ0n) is 6.09. The molecule has 13 heavy (non-hydrogen) atoms. The number of halogens is 4. The minimum atomic E-state index is -3.16. The zero-order valence-corrected chi connectivity index (χ0v) is 7.67. The lowest BCUT2D eigenvalue weighted by Gasteiger charge is -2.07. The van der Waals surface area contributed by atoms with Crippen LogP contribution in [0.15, 0.2) is 10.8 Å². The van der Waals surface area contributed by atoms with Crippen LogP contribution in [0.5, 0.6) is 0 Å². The Kier molecular flexibility index (Phi) is 2.93. The molecular weight excluding hydrogens is 251 g/mol. The molecule has 1 heterocycles. The molecule has 0 aliphatic rings. The van der Waals surface area contributed by atoms with Gasteiger partial charge >= 0.3 is 0 Å². The topological polar surface area (TPSA) is 41.6 Å². The second-order valence-corrected chi connectivity index (χ2v) is 2.86. The van der Waals surface area contributed by atoms with Crippen LogP contribution in [0.2, 0.25) is 0 Å². The summed E-state index contributed by atoms with van der Waals surface area (Å²) in [6.07, 6.45) is -4.68. The van der Waals surface area contributed by atoms with Gasteiger partial charge in [-0.2, -0.15) is 10.4 Å². The van der Waals surface area contributed by atoms with E-state index < -0.39 is 12.7 Å². The minimum absolute atomic E-state index is 0.0169. The lowest BCUT2D eigenvalue weighted by atomic mass is 10.4. The second kappa shape index (κ2) is 3.79. The normalized spacial score (nSPS) is 12.9. The minimum Gasteiger partial charge on any atom is -0.217 e. The molecule has 0 saturated heterocycles. The van der Waals surface area contributed by atoms with Crippen molar-refractivity contribution in [3.63, 3.8) is 0 Å². The third-order valence-corrected chi connectivity index (χ3v) is 2.09. The van der Waals surface area contributed by atoms with Crippen LogP contribution in [0.4, 0.5) is 13.2 Å². The fourth-order valence-corrected chi connectivity index (χ4v) is 1.18. The molecule has 7 heteroatoms. The van der Waals surface area contributed by atoms with Crippen molar-refractivity contribution in [3.05, 3.63) is 16.4 Å². The standard InChI is InChI=1S/C6H3BrF3N3/c7-4-3(1-11)2-12-13(4)6(10)5(8)9/h2,5-6H. The molecule has 0 N–H and O–H groups in total. The molecule has 1 aromatic rings. The Balaban J connectivity index is 3.04. The second-order valence-electron chi connectivity index (χ2n) is 2.11. The van der Waals surface area contributed by atoms with Crippen LogP contribution in [0, 0.1) is 11.3 Å². The summed E-state index contributed by atoms with van der Waals surface area (Å²) in [7, 11) is 0. The van der Waals surface area contributed by atoms with E-state index in [1.165, 1.54) is 0 Å². The van der Waals surface area contributed by atoms with Crippen LogP contribution < -0.4 is 0 Å². The van der Waals surface area contributed by atoms with Gasteiger partial charge in [0, 0.05) is 0 Å². The first kappa shape index (κ1) is 10.1. The molecule has 1 unspecified atom stereocenters. The highest BCUT2D eigenvalue weighted by atomic mass is 79.9. The van der Waals surface area contributed by atoms with Crippen LogP contribution in [0.3, 0.4) is 0 Å². The van der Waals surface area contributed by atoms with E-state index in [-0.39, 0.29) is 10.2 Å². The van der Waals surface area contributed by atoms with E-state index in [1.807, 2.05) is 0 Å².